The lowest BCUT2D eigenvalue weighted by Gasteiger charge is -2.36. The van der Waals surface area contributed by atoms with Crippen LogP contribution in [0.1, 0.15) is 41.1 Å². The maximum Gasteiger partial charge on any atom is 0.307 e. The van der Waals surface area contributed by atoms with Gasteiger partial charge < -0.3 is 21.1 Å². The molecule has 0 bridgehead atoms. The van der Waals surface area contributed by atoms with Crippen molar-refractivity contribution in [2.24, 2.45) is 0 Å². The van der Waals surface area contributed by atoms with E-state index in [4.69, 9.17) is 5.11 Å². The van der Waals surface area contributed by atoms with Gasteiger partial charge in [-0.2, -0.15) is 5.26 Å². The van der Waals surface area contributed by atoms with Gasteiger partial charge in [0.05, 0.1) is 35.4 Å². The molecule has 0 saturated heterocycles. The van der Waals surface area contributed by atoms with E-state index in [1.807, 2.05) is 42.5 Å². The van der Waals surface area contributed by atoms with Crippen molar-refractivity contribution >= 4 is 17.3 Å². The van der Waals surface area contributed by atoms with Crippen molar-refractivity contribution in [2.45, 2.75) is 31.3 Å². The maximum atomic E-state index is 14.1. The Hall–Kier alpha value is -3.89. The van der Waals surface area contributed by atoms with Crippen LogP contribution in [-0.4, -0.2) is 30.2 Å². The fourth-order valence-electron chi connectivity index (χ4n) is 4.40. The van der Waals surface area contributed by atoms with Crippen molar-refractivity contribution in [3.05, 3.63) is 94.8 Å². The first kappa shape index (κ1) is 23.3. The van der Waals surface area contributed by atoms with E-state index in [1.54, 1.807) is 12.1 Å². The lowest BCUT2D eigenvalue weighted by Crippen LogP contribution is -2.45. The van der Waals surface area contributed by atoms with Crippen molar-refractivity contribution in [2.75, 3.05) is 23.7 Å². The van der Waals surface area contributed by atoms with Gasteiger partial charge in [0, 0.05) is 13.1 Å². The molecule has 3 aromatic rings. The number of hydrogen-bond donors (Lipinski definition) is 4. The van der Waals surface area contributed by atoms with Crippen molar-refractivity contribution in [3.63, 3.8) is 0 Å². The summed E-state index contributed by atoms with van der Waals surface area (Å²) in [7, 11) is 0. The molecule has 34 heavy (non-hydrogen) atoms. The Balaban J connectivity index is 1.56. The summed E-state index contributed by atoms with van der Waals surface area (Å²) in [6.07, 6.45) is -0.0157. The number of hydrogen-bond acceptors (Lipinski definition) is 5. The first-order valence-corrected chi connectivity index (χ1v) is 11.3. The first-order valence-electron chi connectivity index (χ1n) is 11.3. The van der Waals surface area contributed by atoms with Crippen LogP contribution in [-0.2, 0) is 11.2 Å². The van der Waals surface area contributed by atoms with E-state index in [2.05, 4.69) is 28.9 Å². The molecule has 3 aromatic carbocycles. The zero-order chi connectivity index (χ0) is 24.1. The number of aliphatic carboxylic acids is 1. The van der Waals surface area contributed by atoms with Gasteiger partial charge in [0.2, 0.25) is 0 Å². The highest BCUT2D eigenvalue weighted by molar-refractivity contribution is 5.77. The van der Waals surface area contributed by atoms with Crippen LogP contribution >= 0.6 is 0 Å². The van der Waals surface area contributed by atoms with Gasteiger partial charge in [0.15, 0.2) is 0 Å². The van der Waals surface area contributed by atoms with E-state index in [0.717, 1.165) is 28.1 Å². The van der Waals surface area contributed by atoms with Gasteiger partial charge >= 0.3 is 5.97 Å². The van der Waals surface area contributed by atoms with Gasteiger partial charge in [0.25, 0.3) is 0 Å². The second-order valence-electron chi connectivity index (χ2n) is 8.63. The van der Waals surface area contributed by atoms with Crippen molar-refractivity contribution in [3.8, 4) is 6.07 Å². The second-order valence-corrected chi connectivity index (χ2v) is 8.63. The van der Waals surface area contributed by atoms with Crippen LogP contribution in [0.5, 0.6) is 0 Å². The van der Waals surface area contributed by atoms with Crippen LogP contribution in [0, 0.1) is 17.1 Å². The minimum Gasteiger partial charge on any atom is -0.481 e. The van der Waals surface area contributed by atoms with Crippen molar-refractivity contribution in [1.29, 1.82) is 5.26 Å². The van der Waals surface area contributed by atoms with E-state index < -0.39 is 5.97 Å². The molecule has 0 amide bonds. The lowest BCUT2D eigenvalue weighted by molar-refractivity contribution is -0.136. The third-order valence-electron chi connectivity index (χ3n) is 6.16. The normalized spacial score (nSPS) is 16.3. The predicted octanol–water partition coefficient (Wildman–Crippen LogP) is 4.67. The molecule has 3 atom stereocenters. The number of fused-ring (bicyclic) bond motifs is 1. The standard InChI is InChI=1S/C27H27FN4O2/c1-17(19-6-2-5-18(11-19)12-25(33)34)15-31-26(20-7-3-9-22(28)13-20)24-16-30-23-10-4-8-21(14-29)27(23)32-24/h2-11,13,17,24,26,30-32H,12,15-16H2,1H3,(H,33,34)/t17?,24-,26-/m1/s1. The van der Waals surface area contributed by atoms with Gasteiger partial charge in [-0.1, -0.05) is 49.4 Å². The Bertz CT molecular complexity index is 1220. The van der Waals surface area contributed by atoms with Gasteiger partial charge in [-0.05, 0) is 46.9 Å². The molecule has 0 radical (unpaired) electrons. The number of anilines is 2. The molecule has 4 N–H and O–H groups in total. The van der Waals surface area contributed by atoms with E-state index in [0.29, 0.717) is 18.7 Å². The number of nitrogens with zero attached hydrogens (tertiary/aromatic N) is 1. The summed E-state index contributed by atoms with van der Waals surface area (Å²) >= 11 is 0. The molecule has 0 spiro atoms. The van der Waals surface area contributed by atoms with Crippen LogP contribution in [0.4, 0.5) is 15.8 Å². The quantitative estimate of drug-likeness (QED) is 0.392. The molecular weight excluding hydrogens is 431 g/mol. The average Bonchev–Trinajstić information content (AvgIpc) is 2.83. The Morgan fingerprint density at radius 1 is 1.18 bits per heavy atom. The molecule has 4 rings (SSSR count). The minimum atomic E-state index is -0.859. The highest BCUT2D eigenvalue weighted by Gasteiger charge is 2.28. The Morgan fingerprint density at radius 3 is 2.71 bits per heavy atom. The molecule has 0 fully saturated rings. The number of carboxylic acid groups (broad SMARTS) is 1. The van der Waals surface area contributed by atoms with Crippen molar-refractivity contribution < 1.29 is 14.3 Å². The topological polar surface area (TPSA) is 97.2 Å². The summed E-state index contributed by atoms with van der Waals surface area (Å²) in [6, 6.07) is 21.6. The van der Waals surface area contributed by atoms with Crippen LogP contribution in [0.25, 0.3) is 0 Å². The van der Waals surface area contributed by atoms with Gasteiger partial charge in [-0.25, -0.2) is 4.39 Å². The number of carboxylic acids is 1. The molecule has 174 valence electrons. The molecule has 0 aromatic heterocycles. The number of halogens is 1. The third-order valence-corrected chi connectivity index (χ3v) is 6.16. The van der Waals surface area contributed by atoms with Gasteiger partial charge in [-0.15, -0.1) is 0 Å². The zero-order valence-electron chi connectivity index (χ0n) is 18.9. The Kier molecular flexibility index (Phi) is 7.09. The Morgan fingerprint density at radius 2 is 1.94 bits per heavy atom. The molecular formula is C27H27FN4O2. The van der Waals surface area contributed by atoms with E-state index >= 15 is 0 Å². The average molecular weight is 459 g/mol. The predicted molar refractivity (Wildman–Crippen MR) is 130 cm³/mol. The summed E-state index contributed by atoms with van der Waals surface area (Å²) in [6.45, 7) is 3.27. The summed E-state index contributed by atoms with van der Waals surface area (Å²) in [5, 5.41) is 29.1. The number of carbonyl (C=O) groups is 1. The first-order chi connectivity index (χ1) is 16.4. The number of benzene rings is 3. The molecule has 1 heterocycles. The highest BCUT2D eigenvalue weighted by Crippen LogP contribution is 2.33. The number of para-hydroxylation sites is 1. The van der Waals surface area contributed by atoms with Crippen LogP contribution in [0.3, 0.4) is 0 Å². The van der Waals surface area contributed by atoms with Crippen LogP contribution in [0.15, 0.2) is 66.7 Å². The fourth-order valence-corrected chi connectivity index (χ4v) is 4.40. The number of nitrogens with one attached hydrogen (secondary N) is 3. The summed E-state index contributed by atoms with van der Waals surface area (Å²) in [4.78, 5) is 11.1. The minimum absolute atomic E-state index is 0.0157. The third kappa shape index (κ3) is 5.36. The second kappa shape index (κ2) is 10.4. The molecule has 1 aliphatic heterocycles. The van der Waals surface area contributed by atoms with Crippen LogP contribution in [0.2, 0.25) is 0 Å². The molecule has 0 saturated carbocycles. The van der Waals surface area contributed by atoms with Gasteiger partial charge in [0.1, 0.15) is 11.9 Å². The Labute approximate surface area is 198 Å². The maximum absolute atomic E-state index is 14.1. The number of nitriles is 1. The van der Waals surface area contributed by atoms with E-state index in [-0.39, 0.29) is 30.2 Å². The summed E-state index contributed by atoms with van der Waals surface area (Å²) in [5.41, 5.74) is 4.78. The molecule has 6 nitrogen and oxygen atoms in total. The monoisotopic (exact) mass is 458 g/mol. The van der Waals surface area contributed by atoms with Gasteiger partial charge in [-0.3, -0.25) is 4.79 Å². The smallest absolute Gasteiger partial charge is 0.307 e. The zero-order valence-corrected chi connectivity index (χ0v) is 18.9. The van der Waals surface area contributed by atoms with E-state index in [1.165, 1.54) is 12.1 Å². The van der Waals surface area contributed by atoms with E-state index in [9.17, 15) is 14.4 Å². The molecule has 7 heteroatoms. The fraction of sp³-hybridized carbons (Fsp3) is 0.259. The largest absolute Gasteiger partial charge is 0.481 e. The summed E-state index contributed by atoms with van der Waals surface area (Å²) in [5.74, 6) is -1.06. The molecule has 1 unspecified atom stereocenters. The summed E-state index contributed by atoms with van der Waals surface area (Å²) < 4.78 is 14.1. The molecule has 1 aliphatic rings. The SMILES string of the molecule is CC(CN[C@H](c1cccc(F)c1)[C@H]1CNc2cccc(C#N)c2N1)c1cccc(CC(=O)O)c1. The van der Waals surface area contributed by atoms with Crippen molar-refractivity contribution in [1.82, 2.24) is 5.32 Å². The lowest BCUT2D eigenvalue weighted by atomic mass is 9.94. The number of rotatable bonds is 8. The van der Waals surface area contributed by atoms with Crippen LogP contribution < -0.4 is 16.0 Å². The highest BCUT2D eigenvalue weighted by atomic mass is 19.1. The molecule has 0 aliphatic carbocycles.